The number of carbonyl (C=O) groups excluding carboxylic acids is 2. The lowest BCUT2D eigenvalue weighted by atomic mass is 9.73. The van der Waals surface area contributed by atoms with Crippen molar-refractivity contribution in [1.82, 2.24) is 5.32 Å². The smallest absolute Gasteiger partial charge is 0.322 e. The molecule has 0 unspecified atom stereocenters. The molecule has 1 aromatic rings. The van der Waals surface area contributed by atoms with E-state index in [0.717, 1.165) is 6.54 Å². The first-order valence-electron chi connectivity index (χ1n) is 8.13. The van der Waals surface area contributed by atoms with E-state index in [4.69, 9.17) is 9.47 Å². The highest BCUT2D eigenvalue weighted by Gasteiger charge is 2.54. The zero-order valence-electron chi connectivity index (χ0n) is 14.5. The Kier molecular flexibility index (Phi) is 5.91. The van der Waals surface area contributed by atoms with Crippen molar-refractivity contribution >= 4 is 11.8 Å². The Morgan fingerprint density at radius 3 is 2.67 bits per heavy atom. The van der Waals surface area contributed by atoms with Gasteiger partial charge in [0.1, 0.15) is 0 Å². The molecule has 1 aromatic carbocycles. The summed E-state index contributed by atoms with van der Waals surface area (Å²) in [6.07, 6.45) is -0.405. The van der Waals surface area contributed by atoms with E-state index in [9.17, 15) is 9.59 Å². The summed E-state index contributed by atoms with van der Waals surface area (Å²) in [5, 5.41) is 3.32. The summed E-state index contributed by atoms with van der Waals surface area (Å²) in [6.45, 7) is 8.47. The van der Waals surface area contributed by atoms with Crippen LogP contribution in [0.25, 0.3) is 0 Å². The third kappa shape index (κ3) is 3.57. The van der Waals surface area contributed by atoms with Gasteiger partial charge >= 0.3 is 5.97 Å². The van der Waals surface area contributed by atoms with Gasteiger partial charge in [0.2, 0.25) is 0 Å². The fraction of sp³-hybridized carbons (Fsp3) is 0.474. The summed E-state index contributed by atoms with van der Waals surface area (Å²) >= 11 is 0. The molecule has 5 nitrogen and oxygen atoms in total. The highest BCUT2D eigenvalue weighted by molar-refractivity contribution is 6.13. The molecule has 0 saturated carbocycles. The van der Waals surface area contributed by atoms with Crippen molar-refractivity contribution in [3.8, 4) is 0 Å². The number of hydrogen-bond donors (Lipinski definition) is 1. The van der Waals surface area contributed by atoms with Crippen LogP contribution in [0.3, 0.4) is 0 Å². The first kappa shape index (κ1) is 18.4. The lowest BCUT2D eigenvalue weighted by Crippen LogP contribution is -2.55. The predicted molar refractivity (Wildman–Crippen MR) is 91.4 cm³/mol. The Morgan fingerprint density at radius 1 is 1.38 bits per heavy atom. The largest absolute Gasteiger partial charge is 0.468 e. The fourth-order valence-corrected chi connectivity index (χ4v) is 2.98. The molecule has 0 radical (unpaired) electrons. The monoisotopic (exact) mass is 331 g/mol. The van der Waals surface area contributed by atoms with Crippen LogP contribution in [0.1, 0.15) is 25.8 Å². The number of rotatable bonds is 6. The summed E-state index contributed by atoms with van der Waals surface area (Å²) in [5.74, 6) is -0.866. The number of hydrogen-bond acceptors (Lipinski definition) is 5. The number of Topliss-reactive ketones (excluding diaryl/α,β-unsaturated/α-hetero) is 1. The molecule has 0 aliphatic carbocycles. The van der Waals surface area contributed by atoms with Crippen molar-refractivity contribution < 1.29 is 19.1 Å². The SMILES string of the molecule is C=C1C(=O)[C@](C)(C(=O)OC)[C@@H](CCNCc2ccccc2)O[C@H]1C. The van der Waals surface area contributed by atoms with Crippen molar-refractivity contribution in [2.45, 2.75) is 39.0 Å². The van der Waals surface area contributed by atoms with Crippen LogP contribution >= 0.6 is 0 Å². The van der Waals surface area contributed by atoms with E-state index in [1.54, 1.807) is 13.8 Å². The van der Waals surface area contributed by atoms with Gasteiger partial charge in [-0.2, -0.15) is 0 Å². The number of esters is 1. The van der Waals surface area contributed by atoms with Gasteiger partial charge in [0.05, 0.1) is 19.3 Å². The van der Waals surface area contributed by atoms with E-state index in [0.29, 0.717) is 18.5 Å². The Balaban J connectivity index is 2.01. The van der Waals surface area contributed by atoms with Crippen molar-refractivity contribution in [3.05, 3.63) is 48.0 Å². The van der Waals surface area contributed by atoms with Crippen LogP contribution in [0.4, 0.5) is 0 Å². The van der Waals surface area contributed by atoms with Crippen molar-refractivity contribution in [2.24, 2.45) is 5.41 Å². The van der Waals surface area contributed by atoms with Crippen molar-refractivity contribution in [1.29, 1.82) is 0 Å². The average Bonchev–Trinajstić information content (AvgIpc) is 2.61. The summed E-state index contributed by atoms with van der Waals surface area (Å²) in [4.78, 5) is 24.9. The Labute approximate surface area is 143 Å². The van der Waals surface area contributed by atoms with E-state index >= 15 is 0 Å². The van der Waals surface area contributed by atoms with E-state index in [2.05, 4.69) is 11.9 Å². The molecule has 24 heavy (non-hydrogen) atoms. The second-order valence-corrected chi connectivity index (χ2v) is 6.27. The van der Waals surface area contributed by atoms with E-state index in [1.807, 2.05) is 30.3 Å². The van der Waals surface area contributed by atoms with E-state index in [-0.39, 0.29) is 5.78 Å². The maximum atomic E-state index is 12.6. The topological polar surface area (TPSA) is 64.6 Å². The quantitative estimate of drug-likeness (QED) is 0.375. The Hall–Kier alpha value is -1.98. The first-order chi connectivity index (χ1) is 11.4. The molecule has 1 aliphatic rings. The number of benzene rings is 1. The van der Waals surface area contributed by atoms with Crippen molar-refractivity contribution in [3.63, 3.8) is 0 Å². The number of nitrogens with one attached hydrogen (secondary N) is 1. The molecule has 1 fully saturated rings. The first-order valence-corrected chi connectivity index (χ1v) is 8.13. The average molecular weight is 331 g/mol. The molecule has 3 atom stereocenters. The van der Waals surface area contributed by atoms with Crippen LogP contribution in [0, 0.1) is 5.41 Å². The van der Waals surface area contributed by atoms with Crippen molar-refractivity contribution in [2.75, 3.05) is 13.7 Å². The van der Waals surface area contributed by atoms with Gasteiger partial charge in [0.25, 0.3) is 0 Å². The summed E-state index contributed by atoms with van der Waals surface area (Å²) in [7, 11) is 1.28. The van der Waals surface area contributed by atoms with Gasteiger partial charge in [-0.1, -0.05) is 36.9 Å². The highest BCUT2D eigenvalue weighted by Crippen LogP contribution is 2.38. The highest BCUT2D eigenvalue weighted by atomic mass is 16.5. The second kappa shape index (κ2) is 7.73. The van der Waals surface area contributed by atoms with Crippen LogP contribution in [0.2, 0.25) is 0 Å². The van der Waals surface area contributed by atoms with Gasteiger partial charge in [-0.3, -0.25) is 9.59 Å². The van der Waals surface area contributed by atoms with Gasteiger partial charge in [-0.05, 0) is 32.4 Å². The molecule has 1 N–H and O–H groups in total. The number of ketones is 1. The van der Waals surface area contributed by atoms with Gasteiger partial charge in [0.15, 0.2) is 11.2 Å². The lowest BCUT2D eigenvalue weighted by molar-refractivity contribution is -0.175. The zero-order valence-corrected chi connectivity index (χ0v) is 14.5. The number of carbonyl (C=O) groups is 2. The van der Waals surface area contributed by atoms with Crippen LogP contribution < -0.4 is 5.32 Å². The molecular formula is C19H25NO4. The maximum absolute atomic E-state index is 12.6. The molecule has 0 amide bonds. The molecule has 5 heteroatoms. The molecule has 1 aliphatic heterocycles. The van der Waals surface area contributed by atoms with E-state index < -0.39 is 23.6 Å². The van der Waals surface area contributed by atoms with Gasteiger partial charge < -0.3 is 14.8 Å². The minimum absolute atomic E-state index is 0.291. The number of methoxy groups -OCH3 is 1. The molecule has 0 bridgehead atoms. The third-order valence-corrected chi connectivity index (χ3v) is 4.63. The van der Waals surface area contributed by atoms with Gasteiger partial charge in [0, 0.05) is 12.1 Å². The predicted octanol–water partition coefficient (Wildman–Crippen LogP) is 2.26. The van der Waals surface area contributed by atoms with Gasteiger partial charge in [-0.15, -0.1) is 0 Å². The standard InChI is InChI=1S/C19H25NO4/c1-13-14(2)24-16(19(3,17(13)21)18(22)23-4)10-11-20-12-15-8-6-5-7-9-15/h5-9,14,16,20H,1,10-12H2,2-4H3/t14-,16+,19+/m0/s1. The minimum atomic E-state index is -1.34. The third-order valence-electron chi connectivity index (χ3n) is 4.63. The van der Waals surface area contributed by atoms with Gasteiger partial charge in [-0.25, -0.2) is 0 Å². The molecule has 130 valence electrons. The Morgan fingerprint density at radius 2 is 2.04 bits per heavy atom. The summed E-state index contributed by atoms with van der Waals surface area (Å²) in [5.41, 5.74) is 0.152. The molecule has 0 spiro atoms. The molecule has 0 aromatic heterocycles. The fourth-order valence-electron chi connectivity index (χ4n) is 2.98. The zero-order chi connectivity index (χ0) is 17.7. The normalized spacial score (nSPS) is 27.1. The molecule has 1 heterocycles. The number of ether oxygens (including phenoxy) is 2. The lowest BCUT2D eigenvalue weighted by Gasteiger charge is -2.41. The maximum Gasteiger partial charge on any atom is 0.322 e. The summed E-state index contributed by atoms with van der Waals surface area (Å²) < 4.78 is 10.7. The van der Waals surface area contributed by atoms with E-state index in [1.165, 1.54) is 12.7 Å². The second-order valence-electron chi connectivity index (χ2n) is 6.27. The molecular weight excluding hydrogens is 306 g/mol. The van der Waals surface area contributed by atoms with Crippen LogP contribution in [0.15, 0.2) is 42.5 Å². The molecule has 2 rings (SSSR count). The summed E-state index contributed by atoms with van der Waals surface area (Å²) in [6, 6.07) is 10.0. The van der Waals surface area contributed by atoms with Crippen LogP contribution in [-0.4, -0.2) is 37.6 Å². The molecule has 1 saturated heterocycles. The Bertz CT molecular complexity index is 613. The van der Waals surface area contributed by atoms with Crippen LogP contribution in [-0.2, 0) is 25.6 Å². The van der Waals surface area contributed by atoms with Crippen LogP contribution in [0.5, 0.6) is 0 Å². The minimum Gasteiger partial charge on any atom is -0.468 e.